The summed E-state index contributed by atoms with van der Waals surface area (Å²) in [4.78, 5) is 7.15. The van der Waals surface area contributed by atoms with Crippen molar-refractivity contribution < 1.29 is 9.15 Å². The largest absolute Gasteiger partial charge is 0.486 e. The summed E-state index contributed by atoms with van der Waals surface area (Å²) in [5.41, 5.74) is 1.55. The van der Waals surface area contributed by atoms with Gasteiger partial charge in [-0.3, -0.25) is 4.90 Å². The molecule has 0 spiro atoms. The highest BCUT2D eigenvalue weighted by Gasteiger charge is 2.44. The summed E-state index contributed by atoms with van der Waals surface area (Å²) in [5.74, 6) is 1.75. The molecule has 2 atom stereocenters. The quantitative estimate of drug-likeness (QED) is 0.922. The van der Waals surface area contributed by atoms with Gasteiger partial charge in [0.1, 0.15) is 22.6 Å². The topological polar surface area (TPSA) is 50.5 Å². The number of hydrogen-bond donors (Lipinski definition) is 1. The zero-order chi connectivity index (χ0) is 17.8. The van der Waals surface area contributed by atoms with Gasteiger partial charge in [-0.15, -0.1) is 0 Å². The molecular formula is C20H29N3O2. The van der Waals surface area contributed by atoms with Crippen LogP contribution in [0, 0.1) is 0 Å². The van der Waals surface area contributed by atoms with Gasteiger partial charge in [0.15, 0.2) is 5.58 Å². The lowest BCUT2D eigenvalue weighted by atomic mass is 9.95. The first-order chi connectivity index (χ1) is 11.7. The minimum absolute atomic E-state index is 0.0835. The lowest BCUT2D eigenvalue weighted by molar-refractivity contribution is 0.0865. The Bertz CT molecular complexity index is 775. The van der Waals surface area contributed by atoms with Crippen LogP contribution < -0.4 is 10.1 Å². The molecule has 2 aromatic heterocycles. The van der Waals surface area contributed by atoms with Crippen molar-refractivity contribution in [1.82, 2.24) is 15.2 Å². The Morgan fingerprint density at radius 3 is 2.72 bits per heavy atom. The van der Waals surface area contributed by atoms with Crippen LogP contribution in [0.2, 0.25) is 0 Å². The van der Waals surface area contributed by atoms with Crippen LogP contribution in [0.5, 0.6) is 5.75 Å². The van der Waals surface area contributed by atoms with E-state index in [0.29, 0.717) is 12.1 Å². The van der Waals surface area contributed by atoms with E-state index in [-0.39, 0.29) is 11.1 Å². The molecule has 4 rings (SSSR count). The van der Waals surface area contributed by atoms with Crippen molar-refractivity contribution in [2.75, 3.05) is 13.1 Å². The van der Waals surface area contributed by atoms with Crippen molar-refractivity contribution in [1.29, 1.82) is 0 Å². The smallest absolute Gasteiger partial charge is 0.156 e. The summed E-state index contributed by atoms with van der Waals surface area (Å²) in [5, 5.41) is 3.58. The average Bonchev–Trinajstić information content (AvgIpc) is 3.18. The minimum Gasteiger partial charge on any atom is -0.486 e. The number of nitrogens with one attached hydrogen (secondary N) is 1. The molecule has 0 saturated carbocycles. The maximum absolute atomic E-state index is 6.11. The number of aromatic nitrogens is 1. The Morgan fingerprint density at radius 1 is 1.28 bits per heavy atom. The van der Waals surface area contributed by atoms with E-state index in [1.807, 2.05) is 26.8 Å². The van der Waals surface area contributed by atoms with Crippen LogP contribution in [0.1, 0.15) is 46.8 Å². The second-order valence-electron chi connectivity index (χ2n) is 9.12. The number of piperazine rings is 1. The zero-order valence-corrected chi connectivity index (χ0v) is 15.9. The molecule has 0 amide bonds. The number of rotatable bonds is 4. The zero-order valence-electron chi connectivity index (χ0n) is 15.9. The fraction of sp³-hybridized carbons (Fsp3) is 0.650. The molecule has 0 aromatic carbocycles. The third kappa shape index (κ3) is 3.40. The van der Waals surface area contributed by atoms with Crippen molar-refractivity contribution in [2.24, 2.45) is 0 Å². The van der Waals surface area contributed by atoms with Gasteiger partial charge >= 0.3 is 0 Å². The number of hydrogen-bond acceptors (Lipinski definition) is 5. The molecule has 2 bridgehead atoms. The van der Waals surface area contributed by atoms with E-state index in [9.17, 15) is 0 Å². The average molecular weight is 343 g/mol. The van der Waals surface area contributed by atoms with E-state index in [1.54, 1.807) is 6.20 Å². The third-order valence-electron chi connectivity index (χ3n) is 5.26. The molecule has 2 aliphatic rings. The lowest BCUT2D eigenvalue weighted by Gasteiger charge is -2.41. The van der Waals surface area contributed by atoms with E-state index in [1.165, 1.54) is 6.42 Å². The van der Waals surface area contributed by atoms with Gasteiger partial charge in [0.2, 0.25) is 0 Å². The van der Waals surface area contributed by atoms with Gasteiger partial charge in [-0.25, -0.2) is 4.98 Å². The highest BCUT2D eigenvalue weighted by molar-refractivity contribution is 5.74. The number of nitrogens with zero attached hydrogens (tertiary/aromatic N) is 2. The molecule has 2 saturated heterocycles. The molecule has 5 nitrogen and oxygen atoms in total. The number of fused-ring (bicyclic) bond motifs is 3. The number of pyridine rings is 1. The van der Waals surface area contributed by atoms with Gasteiger partial charge in [0.25, 0.3) is 0 Å². The van der Waals surface area contributed by atoms with E-state index in [0.717, 1.165) is 42.1 Å². The molecule has 2 fully saturated rings. The summed E-state index contributed by atoms with van der Waals surface area (Å²) in [7, 11) is 0. The van der Waals surface area contributed by atoms with E-state index >= 15 is 0 Å². The molecule has 0 aliphatic carbocycles. The van der Waals surface area contributed by atoms with Crippen molar-refractivity contribution in [3.8, 4) is 5.75 Å². The van der Waals surface area contributed by atoms with Crippen molar-refractivity contribution >= 4 is 11.1 Å². The molecule has 0 radical (unpaired) electrons. The van der Waals surface area contributed by atoms with Gasteiger partial charge in [-0.1, -0.05) is 0 Å². The summed E-state index contributed by atoms with van der Waals surface area (Å²) in [6.07, 6.45) is 3.95. The Morgan fingerprint density at radius 2 is 2.08 bits per heavy atom. The van der Waals surface area contributed by atoms with Gasteiger partial charge in [0.05, 0.1) is 6.20 Å². The highest BCUT2D eigenvalue weighted by Crippen LogP contribution is 2.34. The first-order valence-corrected chi connectivity index (χ1v) is 9.27. The first-order valence-electron chi connectivity index (χ1n) is 9.27. The van der Waals surface area contributed by atoms with E-state index in [2.05, 4.69) is 35.1 Å². The minimum atomic E-state index is -0.240. The molecule has 136 valence electrons. The predicted molar refractivity (Wildman–Crippen MR) is 99.1 cm³/mol. The first kappa shape index (κ1) is 16.9. The van der Waals surface area contributed by atoms with Gasteiger partial charge < -0.3 is 14.5 Å². The van der Waals surface area contributed by atoms with Crippen LogP contribution >= 0.6 is 0 Å². The summed E-state index contributed by atoms with van der Waals surface area (Å²) >= 11 is 0. The van der Waals surface area contributed by atoms with Gasteiger partial charge in [-0.05, 0) is 41.0 Å². The molecule has 2 aliphatic heterocycles. The Balaban J connectivity index is 1.53. The maximum Gasteiger partial charge on any atom is 0.156 e. The molecule has 1 N–H and O–H groups in total. The molecule has 5 heteroatoms. The van der Waals surface area contributed by atoms with Crippen LogP contribution in [-0.4, -0.2) is 46.2 Å². The van der Waals surface area contributed by atoms with Gasteiger partial charge in [-0.2, -0.15) is 0 Å². The fourth-order valence-electron chi connectivity index (χ4n) is 4.28. The maximum atomic E-state index is 6.11. The summed E-state index contributed by atoms with van der Waals surface area (Å²) < 4.78 is 12.0. The number of likely N-dealkylation sites (tertiary alicyclic amines) is 1. The van der Waals surface area contributed by atoms with Crippen LogP contribution in [-0.2, 0) is 6.42 Å². The van der Waals surface area contributed by atoms with Crippen molar-refractivity contribution in [2.45, 2.75) is 70.7 Å². The molecule has 2 unspecified atom stereocenters. The standard InChI is InChI=1S/C20H29N3O2/c1-19(2,3)25-16-8-18-17(22-11-16)7-15(24-18)9-20(4,5)23-12-13-6-14(23)10-21-13/h7-8,11,13-14,21H,6,9-10,12H2,1-5H3. The Kier molecular flexibility index (Phi) is 3.85. The van der Waals surface area contributed by atoms with E-state index in [4.69, 9.17) is 9.15 Å². The van der Waals surface area contributed by atoms with Crippen LogP contribution in [0.3, 0.4) is 0 Å². The van der Waals surface area contributed by atoms with Gasteiger partial charge in [0, 0.05) is 49.3 Å². The molecule has 25 heavy (non-hydrogen) atoms. The van der Waals surface area contributed by atoms with Crippen molar-refractivity contribution in [3.05, 3.63) is 24.1 Å². The van der Waals surface area contributed by atoms with Crippen LogP contribution in [0.25, 0.3) is 11.1 Å². The normalized spacial score (nSPS) is 24.4. The van der Waals surface area contributed by atoms with Crippen LogP contribution in [0.15, 0.2) is 22.7 Å². The monoisotopic (exact) mass is 343 g/mol. The SMILES string of the molecule is CC(C)(C)Oc1cnc2cc(CC(C)(C)N3CC4CC3CN4)oc2c1. The predicted octanol–water partition coefficient (Wildman–Crippen LogP) is 3.37. The number of ether oxygens (including phenoxy) is 1. The molecular weight excluding hydrogens is 314 g/mol. The van der Waals surface area contributed by atoms with Crippen LogP contribution in [0.4, 0.5) is 0 Å². The summed E-state index contributed by atoms with van der Waals surface area (Å²) in [6, 6.07) is 5.35. The third-order valence-corrected chi connectivity index (χ3v) is 5.26. The Hall–Kier alpha value is -1.59. The second kappa shape index (κ2) is 5.71. The highest BCUT2D eigenvalue weighted by atomic mass is 16.5. The Labute approximate surface area is 149 Å². The lowest BCUT2D eigenvalue weighted by Crippen LogP contribution is -2.54. The van der Waals surface area contributed by atoms with Crippen molar-refractivity contribution in [3.63, 3.8) is 0 Å². The molecule has 4 heterocycles. The summed E-state index contributed by atoms with van der Waals surface area (Å²) in [6.45, 7) is 13.0. The van der Waals surface area contributed by atoms with E-state index < -0.39 is 0 Å². The fourth-order valence-corrected chi connectivity index (χ4v) is 4.28. The second-order valence-corrected chi connectivity index (χ2v) is 9.12. The number of furan rings is 1. The molecule has 2 aromatic rings.